The van der Waals surface area contributed by atoms with Crippen LogP contribution in [0, 0.1) is 0 Å². The standard InChI is InChI=1S/C58H102O6/c1-4-7-10-13-16-19-20-21-22-23-24-25-26-27-28-29-30-31-32-33-34-35-36-37-38-40-42-45-48-51-57(60)63-54-55(53-62-56(59)50-47-44-41-18-15-12-9-6-3)64-58(61)52-49-46-43-39-17-14-11-8-5-2/h7,10,16,19,21-22,24-25,27-28,55H,4-6,8-9,11-15,17-18,20,23,26,29-54H2,1-3H3/b10-7-,19-16-,22-21-,25-24-,28-27-. The van der Waals surface area contributed by atoms with Crippen molar-refractivity contribution in [2.75, 3.05) is 13.2 Å². The van der Waals surface area contributed by atoms with Crippen LogP contribution in [0.25, 0.3) is 0 Å². The SMILES string of the molecule is CC/C=C\C/C=C\C/C=C\C/C=C\C/C=C\CCCCCCCCCCCCCCCC(=O)OCC(COC(=O)CCCCCCCCCC)OC(=O)CCCCCCCCCCC. The van der Waals surface area contributed by atoms with Gasteiger partial charge in [0.2, 0.25) is 0 Å². The zero-order valence-electron chi connectivity index (χ0n) is 42.3. The lowest BCUT2D eigenvalue weighted by atomic mass is 10.0. The highest BCUT2D eigenvalue weighted by Gasteiger charge is 2.19. The van der Waals surface area contributed by atoms with Gasteiger partial charge in [0, 0.05) is 19.3 Å². The zero-order valence-corrected chi connectivity index (χ0v) is 42.3. The fourth-order valence-corrected chi connectivity index (χ4v) is 7.70. The van der Waals surface area contributed by atoms with Crippen LogP contribution >= 0.6 is 0 Å². The Hall–Kier alpha value is -2.89. The third-order valence-corrected chi connectivity index (χ3v) is 11.8. The summed E-state index contributed by atoms with van der Waals surface area (Å²) >= 11 is 0. The second-order valence-electron chi connectivity index (χ2n) is 18.1. The molecule has 0 N–H and O–H groups in total. The zero-order chi connectivity index (χ0) is 46.5. The molecule has 0 aromatic rings. The molecule has 0 amide bonds. The van der Waals surface area contributed by atoms with Crippen molar-refractivity contribution in [3.8, 4) is 0 Å². The van der Waals surface area contributed by atoms with Gasteiger partial charge >= 0.3 is 17.9 Å². The van der Waals surface area contributed by atoms with Gasteiger partial charge in [0.1, 0.15) is 13.2 Å². The molecule has 0 fully saturated rings. The normalized spacial score (nSPS) is 12.5. The van der Waals surface area contributed by atoms with E-state index in [0.717, 1.165) is 89.9 Å². The monoisotopic (exact) mass is 895 g/mol. The summed E-state index contributed by atoms with van der Waals surface area (Å²) in [5.74, 6) is -0.872. The lowest BCUT2D eigenvalue weighted by Crippen LogP contribution is -2.30. The minimum absolute atomic E-state index is 0.0704. The fourth-order valence-electron chi connectivity index (χ4n) is 7.70. The number of hydrogen-bond acceptors (Lipinski definition) is 6. The first kappa shape index (κ1) is 61.1. The summed E-state index contributed by atoms with van der Waals surface area (Å²) in [7, 11) is 0. The number of carbonyl (C=O) groups is 3. The van der Waals surface area contributed by atoms with E-state index < -0.39 is 6.10 Å². The lowest BCUT2D eigenvalue weighted by Gasteiger charge is -2.18. The van der Waals surface area contributed by atoms with Crippen LogP contribution in [-0.4, -0.2) is 37.2 Å². The fraction of sp³-hybridized carbons (Fsp3) is 0.776. The van der Waals surface area contributed by atoms with Crippen LogP contribution in [0.2, 0.25) is 0 Å². The quantitative estimate of drug-likeness (QED) is 0.0262. The van der Waals surface area contributed by atoms with Gasteiger partial charge in [0.05, 0.1) is 0 Å². The van der Waals surface area contributed by atoms with Crippen molar-refractivity contribution >= 4 is 17.9 Å². The molecule has 64 heavy (non-hydrogen) atoms. The maximum Gasteiger partial charge on any atom is 0.306 e. The number of rotatable bonds is 49. The van der Waals surface area contributed by atoms with Gasteiger partial charge in [-0.25, -0.2) is 0 Å². The highest BCUT2D eigenvalue weighted by atomic mass is 16.6. The average Bonchev–Trinajstić information content (AvgIpc) is 3.29. The predicted octanol–water partition coefficient (Wildman–Crippen LogP) is 18.0. The lowest BCUT2D eigenvalue weighted by molar-refractivity contribution is -0.167. The molecule has 0 aromatic carbocycles. The van der Waals surface area contributed by atoms with Crippen LogP contribution in [0.5, 0.6) is 0 Å². The molecule has 0 aliphatic carbocycles. The number of allylic oxidation sites excluding steroid dienone is 10. The van der Waals surface area contributed by atoms with Crippen molar-refractivity contribution in [3.63, 3.8) is 0 Å². The van der Waals surface area contributed by atoms with Gasteiger partial charge in [-0.2, -0.15) is 0 Å². The van der Waals surface area contributed by atoms with E-state index >= 15 is 0 Å². The molecule has 0 saturated carbocycles. The maximum absolute atomic E-state index is 12.7. The summed E-state index contributed by atoms with van der Waals surface area (Å²) in [4.78, 5) is 37.7. The second-order valence-corrected chi connectivity index (χ2v) is 18.1. The third kappa shape index (κ3) is 50.1. The molecular weight excluding hydrogens is 793 g/mol. The second kappa shape index (κ2) is 52.7. The molecule has 0 aliphatic rings. The number of hydrogen-bond donors (Lipinski definition) is 0. The molecule has 6 nitrogen and oxygen atoms in total. The van der Waals surface area contributed by atoms with E-state index in [1.807, 2.05) is 0 Å². The van der Waals surface area contributed by atoms with Crippen LogP contribution in [0.15, 0.2) is 60.8 Å². The Kier molecular flexibility index (Phi) is 50.4. The summed E-state index contributed by atoms with van der Waals surface area (Å²) < 4.78 is 16.7. The minimum Gasteiger partial charge on any atom is -0.462 e. The summed E-state index contributed by atoms with van der Waals surface area (Å²) in [6.07, 6.45) is 65.3. The molecule has 0 spiro atoms. The third-order valence-electron chi connectivity index (χ3n) is 11.8. The minimum atomic E-state index is -0.766. The van der Waals surface area contributed by atoms with Crippen molar-refractivity contribution in [1.29, 1.82) is 0 Å². The van der Waals surface area contributed by atoms with Crippen molar-refractivity contribution in [1.82, 2.24) is 0 Å². The van der Waals surface area contributed by atoms with Gasteiger partial charge in [-0.15, -0.1) is 0 Å². The molecule has 0 aromatic heterocycles. The molecule has 0 saturated heterocycles. The Morgan fingerprint density at radius 3 is 0.953 bits per heavy atom. The van der Waals surface area contributed by atoms with Crippen molar-refractivity contribution in [2.45, 2.75) is 277 Å². The predicted molar refractivity (Wildman–Crippen MR) is 275 cm³/mol. The van der Waals surface area contributed by atoms with Crippen molar-refractivity contribution in [3.05, 3.63) is 60.8 Å². The number of esters is 3. The van der Waals surface area contributed by atoms with Gasteiger partial charge in [-0.1, -0.05) is 248 Å². The summed E-state index contributed by atoms with van der Waals surface area (Å²) in [5, 5.41) is 0. The van der Waals surface area contributed by atoms with E-state index in [4.69, 9.17) is 14.2 Å². The van der Waals surface area contributed by atoms with E-state index in [0.29, 0.717) is 19.3 Å². The average molecular weight is 895 g/mol. The molecule has 0 radical (unpaired) electrons. The Morgan fingerprint density at radius 1 is 0.328 bits per heavy atom. The molecular formula is C58H102O6. The van der Waals surface area contributed by atoms with E-state index in [-0.39, 0.29) is 31.1 Å². The van der Waals surface area contributed by atoms with Crippen LogP contribution in [0.3, 0.4) is 0 Å². The molecule has 0 aliphatic heterocycles. The highest BCUT2D eigenvalue weighted by Crippen LogP contribution is 2.16. The number of ether oxygens (including phenoxy) is 3. The van der Waals surface area contributed by atoms with Crippen molar-refractivity contribution < 1.29 is 28.6 Å². The molecule has 1 atom stereocenters. The van der Waals surface area contributed by atoms with Gasteiger partial charge < -0.3 is 14.2 Å². The highest BCUT2D eigenvalue weighted by molar-refractivity contribution is 5.71. The number of carbonyl (C=O) groups excluding carboxylic acids is 3. The van der Waals surface area contributed by atoms with E-state index in [2.05, 4.69) is 81.5 Å². The maximum atomic E-state index is 12.7. The van der Waals surface area contributed by atoms with Gasteiger partial charge in [-0.05, 0) is 64.2 Å². The van der Waals surface area contributed by atoms with E-state index in [9.17, 15) is 14.4 Å². The van der Waals surface area contributed by atoms with Crippen LogP contribution < -0.4 is 0 Å². The Bertz CT molecular complexity index is 1170. The van der Waals surface area contributed by atoms with E-state index in [1.165, 1.54) is 141 Å². The molecule has 370 valence electrons. The number of unbranched alkanes of at least 4 members (excludes halogenated alkanes) is 28. The van der Waals surface area contributed by atoms with Gasteiger partial charge in [0.15, 0.2) is 6.10 Å². The topological polar surface area (TPSA) is 78.9 Å². The van der Waals surface area contributed by atoms with Crippen LogP contribution in [0.4, 0.5) is 0 Å². The summed E-state index contributed by atoms with van der Waals surface area (Å²) in [5.41, 5.74) is 0. The first-order chi connectivity index (χ1) is 31.5. The Morgan fingerprint density at radius 2 is 0.609 bits per heavy atom. The first-order valence-electron chi connectivity index (χ1n) is 27.3. The molecule has 0 rings (SSSR count). The van der Waals surface area contributed by atoms with Crippen LogP contribution in [0.1, 0.15) is 271 Å². The molecule has 6 heteroatoms. The Balaban J connectivity index is 4.03. The Labute approximate surface area is 396 Å². The smallest absolute Gasteiger partial charge is 0.306 e. The first-order valence-corrected chi connectivity index (χ1v) is 27.3. The van der Waals surface area contributed by atoms with Crippen LogP contribution in [-0.2, 0) is 28.6 Å². The van der Waals surface area contributed by atoms with Gasteiger partial charge in [0.25, 0.3) is 0 Å². The largest absolute Gasteiger partial charge is 0.462 e. The molecule has 0 bridgehead atoms. The van der Waals surface area contributed by atoms with E-state index in [1.54, 1.807) is 0 Å². The summed E-state index contributed by atoms with van der Waals surface area (Å²) in [6, 6.07) is 0. The molecule has 1 unspecified atom stereocenters. The van der Waals surface area contributed by atoms with Gasteiger partial charge in [-0.3, -0.25) is 14.4 Å². The van der Waals surface area contributed by atoms with Crippen molar-refractivity contribution in [2.24, 2.45) is 0 Å². The summed E-state index contributed by atoms with van der Waals surface area (Å²) in [6.45, 7) is 6.48. The molecule has 0 heterocycles.